The summed E-state index contributed by atoms with van der Waals surface area (Å²) < 4.78 is 75.6. The number of carbonyl (C=O) groups is 4. The maximum atomic E-state index is 13.2. The number of ether oxygens (including phenoxy) is 6. The van der Waals surface area contributed by atoms with Crippen LogP contribution in [0.15, 0.2) is 109 Å². The molecule has 106 heavy (non-hydrogen) atoms. The van der Waals surface area contributed by atoms with Crippen LogP contribution in [0.3, 0.4) is 0 Å². The average molecular weight is 1630 g/mol. The second-order valence-electron chi connectivity index (χ2n) is 24.9. The molecule has 3 amide bonds. The Bertz CT molecular complexity index is 4160. The molecule has 6 heterocycles. The summed E-state index contributed by atoms with van der Waals surface area (Å²) in [6, 6.07) is 35.6. The molecular weight excluding hydrogens is 1560 g/mol. The number of amides is 3. The van der Waals surface area contributed by atoms with E-state index >= 15 is 0 Å². The number of hydrogen-bond donors (Lipinski definition) is 1. The molecule has 1 N–H and O–H groups in total. The standard InChI is InChI=1S/2C24H22ClFN4O3.C23H23ClFN3O3.CBrN.CH2O3.2K.H/c2*1-32-20-11-21-19(10-18(20)25)30(15-28)13-22(33-21)23(31)29-8-6-24(14-27,7-9-29)12-16-2-4-17(26)5-3-16;1-30-19-11-20-18(10-17(19)24)27-13-21(31-20)22(29)28-8-6-23(14-26,7-9-28)12-15-2-4-16(25)5-3-15;1-3-2;2-1-4-3;;;/h2*2-5,10-11,22H,6-9,12-13H2,1H3;2-5,10-11,21,27H,6-9,12-13H2,1H3;;1,3H;;;/q;;;;;2*+1;-1/p-1. The van der Waals surface area contributed by atoms with Crippen LogP contribution in [0, 0.1) is 97.2 Å². The third-order valence-electron chi connectivity index (χ3n) is 18.6. The number of halogens is 7. The number of nitrogens with zero attached hydrogens (tertiary/aromatic N) is 11. The molecule has 0 bridgehead atoms. The van der Waals surface area contributed by atoms with Crippen LogP contribution < -0.4 is 152 Å². The van der Waals surface area contributed by atoms with E-state index < -0.39 is 34.6 Å². The summed E-state index contributed by atoms with van der Waals surface area (Å²) in [5, 5.41) is 61.5. The van der Waals surface area contributed by atoms with Crippen molar-refractivity contribution in [2.45, 2.75) is 76.1 Å². The predicted molar refractivity (Wildman–Crippen MR) is 377 cm³/mol. The normalized spacial score (nSPS) is 17.8. The molecule has 6 aliphatic rings. The molecule has 3 atom stereocenters. The first-order valence-electron chi connectivity index (χ1n) is 32.3. The number of nitrogens with one attached hydrogen (secondary N) is 1. The zero-order valence-electron chi connectivity index (χ0n) is 59.4. The van der Waals surface area contributed by atoms with Gasteiger partial charge < -0.3 is 60.0 Å². The molecular formula is C73H69BrCl3F3K2N12O12. The molecule has 33 heteroatoms. The van der Waals surface area contributed by atoms with Gasteiger partial charge in [-0.2, -0.15) is 26.3 Å². The molecule has 12 rings (SSSR count). The molecule has 3 unspecified atom stereocenters. The van der Waals surface area contributed by atoms with Gasteiger partial charge in [0.25, 0.3) is 24.2 Å². The molecule has 3 saturated heterocycles. The Balaban J connectivity index is 0.000000272. The molecule has 24 nitrogen and oxygen atoms in total. The summed E-state index contributed by atoms with van der Waals surface area (Å²) in [5.41, 5.74) is 2.60. The van der Waals surface area contributed by atoms with E-state index in [0.29, 0.717) is 165 Å². The van der Waals surface area contributed by atoms with Gasteiger partial charge in [-0.1, -0.05) is 71.2 Å². The van der Waals surface area contributed by atoms with E-state index in [9.17, 15) is 53.9 Å². The van der Waals surface area contributed by atoms with Crippen molar-refractivity contribution in [1.82, 2.24) is 14.7 Å². The number of nitriles is 5. The minimum Gasteiger partial charge on any atom is -1.00 e. The average Bonchev–Trinajstić information content (AvgIpc) is 0.789. The molecule has 0 saturated carbocycles. The largest absolute Gasteiger partial charge is 1.00 e. The summed E-state index contributed by atoms with van der Waals surface area (Å²) in [6.45, 7) is 8.60. The first-order chi connectivity index (χ1) is 50.0. The van der Waals surface area contributed by atoms with Crippen LogP contribution in [-0.2, 0) is 43.3 Å². The summed E-state index contributed by atoms with van der Waals surface area (Å²) in [7, 11) is 4.47. The van der Waals surface area contributed by atoms with Crippen LogP contribution in [0.25, 0.3) is 3.87 Å². The van der Waals surface area contributed by atoms with Gasteiger partial charge in [-0.05, 0) is 129 Å². The fourth-order valence-corrected chi connectivity index (χ4v) is 13.5. The Labute approximate surface area is 721 Å². The molecule has 6 aliphatic heterocycles. The number of benzene rings is 6. The molecule has 3 fully saturated rings. The number of piperidine rings is 3. The topological polar surface area (TPSA) is 307 Å². The van der Waals surface area contributed by atoms with E-state index in [1.807, 2.05) is 0 Å². The fourth-order valence-electron chi connectivity index (χ4n) is 12.8. The number of rotatable bonds is 13. The van der Waals surface area contributed by atoms with Crippen molar-refractivity contribution in [2.24, 2.45) is 16.2 Å². The Morgan fingerprint density at radius 1 is 0.566 bits per heavy atom. The quantitative estimate of drug-likeness (QED) is 0.0366. The third kappa shape index (κ3) is 22.4. The molecule has 6 aromatic rings. The molecule has 0 aromatic heterocycles. The first-order valence-corrected chi connectivity index (χ1v) is 34.1. The SMILES string of the molecule is COc1cc2c(cc1Cl)N(C#N)CC(C(=O)N1CCC(C#N)(Cc3ccc(F)cc3)CC1)O2.COc1cc2c(cc1Cl)N(C#N)CC(C(=O)N1CCC(C#N)(Cc3ccc(F)cc3)CC1)O2.COc1cc2c(cc1Cl)NCC(C(=O)N1CCC(C#N)(Cc3ccc(F)cc3)CC1)O2.O=CO[O-].[C-]#[N+]Br.[H-].[K+].[K+]. The van der Waals surface area contributed by atoms with E-state index in [0.717, 1.165) is 22.4 Å². The van der Waals surface area contributed by atoms with Crippen molar-refractivity contribution in [1.29, 1.82) is 26.3 Å². The van der Waals surface area contributed by atoms with Crippen molar-refractivity contribution in [3.63, 3.8) is 0 Å². The number of fused-ring (bicyclic) bond motifs is 3. The second-order valence-corrected chi connectivity index (χ2v) is 26.4. The number of carbonyl (C=O) groups excluding carboxylic acids is 4. The summed E-state index contributed by atoms with van der Waals surface area (Å²) in [4.78, 5) is 58.6. The smallest absolute Gasteiger partial charge is 1.00 e. The Morgan fingerprint density at radius 3 is 1.13 bits per heavy atom. The van der Waals surface area contributed by atoms with Crippen molar-refractivity contribution in [3.05, 3.63) is 169 Å². The van der Waals surface area contributed by atoms with Crippen molar-refractivity contribution < 1.29 is 175 Å². The van der Waals surface area contributed by atoms with E-state index in [-0.39, 0.29) is 159 Å². The molecule has 6 aromatic carbocycles. The Kier molecular flexibility index (Phi) is 34.2. The maximum Gasteiger partial charge on any atom is 1.00 e. The number of methoxy groups -OCH3 is 3. The Hall–Kier alpha value is -7.29. The van der Waals surface area contributed by atoms with Gasteiger partial charge in [0.05, 0.1) is 108 Å². The monoisotopic (exact) mass is 1620 g/mol. The maximum absolute atomic E-state index is 13.2. The number of anilines is 3. The zero-order chi connectivity index (χ0) is 75.3. The van der Waals surface area contributed by atoms with Gasteiger partial charge in [-0.25, -0.2) is 23.6 Å². The predicted octanol–water partition coefficient (Wildman–Crippen LogP) is 5.63. The first kappa shape index (κ1) is 87.6. The van der Waals surface area contributed by atoms with Crippen LogP contribution in [0.5, 0.6) is 34.5 Å². The number of likely N-dealkylation sites (tertiary alicyclic amines) is 3. The van der Waals surface area contributed by atoms with E-state index in [2.05, 4.69) is 60.8 Å². The molecule has 0 spiro atoms. The van der Waals surface area contributed by atoms with Gasteiger partial charge in [0, 0.05) is 57.5 Å². The van der Waals surface area contributed by atoms with E-state index in [1.54, 1.807) is 87.5 Å². The summed E-state index contributed by atoms with van der Waals surface area (Å²) in [5.74, 6) is 0.973. The van der Waals surface area contributed by atoms with Crippen LogP contribution >= 0.6 is 51.0 Å². The number of hydrogen-bond acceptors (Lipinski definition) is 20. The van der Waals surface area contributed by atoms with Crippen LogP contribution in [-0.4, -0.2) is 137 Å². The van der Waals surface area contributed by atoms with Crippen molar-refractivity contribution in [3.8, 4) is 65.1 Å². The molecule has 0 radical (unpaired) electrons. The van der Waals surface area contributed by atoms with Crippen molar-refractivity contribution >= 4 is 92.2 Å². The summed E-state index contributed by atoms with van der Waals surface area (Å²) in [6.07, 6.45) is 6.44. The van der Waals surface area contributed by atoms with Crippen LogP contribution in [0.2, 0.25) is 15.1 Å². The van der Waals surface area contributed by atoms with Crippen LogP contribution in [0.4, 0.5) is 30.2 Å². The molecule has 544 valence electrons. The van der Waals surface area contributed by atoms with Gasteiger partial charge in [0.15, 0.2) is 30.7 Å². The second kappa shape index (κ2) is 41.3. The third-order valence-corrected chi connectivity index (χ3v) is 19.5. The van der Waals surface area contributed by atoms with Gasteiger partial charge in [-0.3, -0.25) is 29.0 Å². The zero-order valence-corrected chi connectivity index (χ0v) is 68.5. The summed E-state index contributed by atoms with van der Waals surface area (Å²) >= 11 is 20.9. The van der Waals surface area contributed by atoms with Crippen LogP contribution in [0.1, 0.15) is 56.6 Å². The fraction of sp³-hybridized carbons (Fsp3) is 0.370. The van der Waals surface area contributed by atoms with Gasteiger partial charge in [0.1, 0.15) is 51.9 Å². The molecule has 0 aliphatic carbocycles. The van der Waals surface area contributed by atoms with Gasteiger partial charge in [-0.15, -0.1) is 0 Å². The van der Waals surface area contributed by atoms with Gasteiger partial charge >= 0.3 is 119 Å². The minimum atomic E-state index is -0.866. The van der Waals surface area contributed by atoms with E-state index in [1.165, 1.54) is 67.5 Å². The van der Waals surface area contributed by atoms with Crippen molar-refractivity contribution in [2.75, 3.05) is 95.3 Å². The minimum absolute atomic E-state index is 0. The van der Waals surface area contributed by atoms with E-state index in [4.69, 9.17) is 79.8 Å². The van der Waals surface area contributed by atoms with Gasteiger partial charge in [0.2, 0.25) is 0 Å². The Morgan fingerprint density at radius 2 is 0.849 bits per heavy atom.